The van der Waals surface area contributed by atoms with Gasteiger partial charge in [0.05, 0.1) is 12.6 Å². The van der Waals surface area contributed by atoms with Gasteiger partial charge in [-0.3, -0.25) is 52.9 Å². The highest BCUT2D eigenvalue weighted by atomic mass is 16.3. The minimum Gasteiger partial charge on any atom is -0.391 e. The normalized spacial score (nSPS) is 14.9. The van der Waals surface area contributed by atoms with Crippen molar-refractivity contribution < 1.29 is 53.1 Å². The van der Waals surface area contributed by atoms with Gasteiger partial charge in [-0.2, -0.15) is 0 Å². The smallest absolute Gasteiger partial charge is 0.245 e. The molecule has 27 heteroatoms. The average molecular weight is 1220 g/mol. The Hall–Kier alpha value is -6.19. The number of amides is 10. The zero-order valence-corrected chi connectivity index (χ0v) is 53.5. The van der Waals surface area contributed by atoms with Gasteiger partial charge < -0.3 is 87.4 Å². The summed E-state index contributed by atoms with van der Waals surface area (Å²) >= 11 is 0. The molecule has 0 bridgehead atoms. The quantitative estimate of drug-likeness (QED) is 0.0213. The van der Waals surface area contributed by atoms with Crippen LogP contribution in [0.1, 0.15) is 198 Å². The highest BCUT2D eigenvalue weighted by Crippen LogP contribution is 2.16. The first kappa shape index (κ1) is 79.8. The number of hydrogen-bond donors (Lipinski definition) is 16. The fourth-order valence-corrected chi connectivity index (χ4v) is 9.50. The van der Waals surface area contributed by atoms with Crippen molar-refractivity contribution in [2.75, 3.05) is 26.2 Å². The van der Waals surface area contributed by atoms with E-state index in [0.29, 0.717) is 38.5 Å². The van der Waals surface area contributed by atoms with Gasteiger partial charge in [-0.1, -0.05) is 107 Å². The van der Waals surface area contributed by atoms with Crippen LogP contribution in [0.5, 0.6) is 0 Å². The SMILES string of the molecule is CCCCCCCCC[C@H](NC(=O)[C@H](CCCN=C(N)N)NC(=O)[C@H](CCCCN)NC(=O)[C@H](CC(C)C)NC(=O)[C@H](CC(C)C)NC(=O)CN)C(=O)N[C@@H](CCCCN)C(=O)N[C@H](C(=O)N[C@@H](CC(C)C)C(=O)N[C@@H](CC(C)C)C(N)=O)[C@@H](C)O. The number of guanidine groups is 1. The molecular formula is C59H114N16O11. The Morgan fingerprint density at radius 2 is 0.674 bits per heavy atom. The van der Waals surface area contributed by atoms with Crippen molar-refractivity contribution in [2.45, 2.75) is 258 Å². The Morgan fingerprint density at radius 3 is 1.02 bits per heavy atom. The molecule has 0 saturated carbocycles. The van der Waals surface area contributed by atoms with Crippen molar-refractivity contribution >= 4 is 65.0 Å². The van der Waals surface area contributed by atoms with Gasteiger partial charge in [0.15, 0.2) is 5.96 Å². The van der Waals surface area contributed by atoms with Crippen molar-refractivity contribution in [1.29, 1.82) is 0 Å². The summed E-state index contributed by atoms with van der Waals surface area (Å²) in [4.78, 5) is 142. The van der Waals surface area contributed by atoms with Crippen molar-refractivity contribution in [3.05, 3.63) is 0 Å². The molecule has 0 aromatic carbocycles. The number of carbonyl (C=O) groups excluding carboxylic acids is 10. The number of aliphatic hydroxyl groups is 1. The van der Waals surface area contributed by atoms with E-state index in [1.54, 1.807) is 0 Å². The van der Waals surface area contributed by atoms with Crippen LogP contribution in [-0.2, 0) is 47.9 Å². The van der Waals surface area contributed by atoms with Crippen molar-refractivity contribution in [2.24, 2.45) is 63.1 Å². The lowest BCUT2D eigenvalue weighted by molar-refractivity contribution is -0.137. The molecule has 10 amide bonds. The minimum absolute atomic E-state index is 0.00505. The molecule has 0 fully saturated rings. The van der Waals surface area contributed by atoms with Crippen molar-refractivity contribution in [3.8, 4) is 0 Å². The maximum atomic E-state index is 14.7. The number of aliphatic imine (C=N–C) groups is 1. The maximum Gasteiger partial charge on any atom is 0.245 e. The zero-order chi connectivity index (χ0) is 65.5. The summed E-state index contributed by atoms with van der Waals surface area (Å²) in [7, 11) is 0. The molecule has 0 unspecified atom stereocenters. The first-order valence-corrected chi connectivity index (χ1v) is 31.4. The molecule has 22 N–H and O–H groups in total. The lowest BCUT2D eigenvalue weighted by atomic mass is 9.99. The van der Waals surface area contributed by atoms with Crippen LogP contribution >= 0.6 is 0 Å². The molecule has 0 aromatic rings. The fraction of sp³-hybridized carbons (Fsp3) is 0.814. The molecule has 0 saturated heterocycles. The van der Waals surface area contributed by atoms with Crippen LogP contribution in [0.3, 0.4) is 0 Å². The molecule has 0 heterocycles. The second-order valence-corrected chi connectivity index (χ2v) is 24.3. The number of rotatable bonds is 48. The third kappa shape index (κ3) is 35.4. The number of nitrogens with zero attached hydrogens (tertiary/aromatic N) is 1. The van der Waals surface area contributed by atoms with Crippen LogP contribution in [0, 0.1) is 23.7 Å². The van der Waals surface area contributed by atoms with Crippen LogP contribution in [0.4, 0.5) is 0 Å². The molecule has 0 aromatic heterocycles. The molecule has 10 atom stereocenters. The van der Waals surface area contributed by atoms with E-state index in [1.807, 2.05) is 55.4 Å². The molecule has 0 aliphatic carbocycles. The largest absolute Gasteiger partial charge is 0.391 e. The van der Waals surface area contributed by atoms with Crippen molar-refractivity contribution in [3.63, 3.8) is 0 Å². The Morgan fingerprint density at radius 1 is 0.372 bits per heavy atom. The molecule has 0 aliphatic heterocycles. The highest BCUT2D eigenvalue weighted by Gasteiger charge is 2.37. The lowest BCUT2D eigenvalue weighted by Gasteiger charge is -2.29. The van der Waals surface area contributed by atoms with Crippen LogP contribution in [0.15, 0.2) is 4.99 Å². The lowest BCUT2D eigenvalue weighted by Crippen LogP contribution is -2.62. The topological polar surface area (TPSA) is 468 Å². The number of nitrogens with two attached hydrogens (primary N) is 6. The monoisotopic (exact) mass is 1220 g/mol. The van der Waals surface area contributed by atoms with Gasteiger partial charge >= 0.3 is 0 Å². The van der Waals surface area contributed by atoms with E-state index in [9.17, 15) is 53.1 Å². The van der Waals surface area contributed by atoms with Crippen LogP contribution < -0.4 is 82.3 Å². The van der Waals surface area contributed by atoms with Gasteiger partial charge in [-0.05, 0) is 127 Å². The molecule has 86 heavy (non-hydrogen) atoms. The van der Waals surface area contributed by atoms with E-state index in [-0.39, 0.29) is 114 Å². The van der Waals surface area contributed by atoms with E-state index >= 15 is 0 Å². The van der Waals surface area contributed by atoms with Gasteiger partial charge in [0.25, 0.3) is 0 Å². The van der Waals surface area contributed by atoms with Gasteiger partial charge in [-0.25, -0.2) is 0 Å². The Labute approximate surface area is 511 Å². The van der Waals surface area contributed by atoms with Crippen LogP contribution in [-0.4, -0.2) is 157 Å². The van der Waals surface area contributed by atoms with Crippen molar-refractivity contribution in [1.82, 2.24) is 47.9 Å². The number of carbonyl (C=O) groups is 10. The summed E-state index contributed by atoms with van der Waals surface area (Å²) in [5, 5.41) is 35.3. The summed E-state index contributed by atoms with van der Waals surface area (Å²) in [6.07, 6.45) is 7.40. The van der Waals surface area contributed by atoms with Gasteiger partial charge in [0.1, 0.15) is 54.4 Å². The number of unbranched alkanes of at least 4 members (excludes halogenated alkanes) is 8. The van der Waals surface area contributed by atoms with E-state index in [1.165, 1.54) is 6.92 Å². The van der Waals surface area contributed by atoms with Gasteiger partial charge in [0, 0.05) is 6.54 Å². The van der Waals surface area contributed by atoms with E-state index in [0.717, 1.165) is 32.1 Å². The first-order valence-electron chi connectivity index (χ1n) is 31.4. The van der Waals surface area contributed by atoms with E-state index in [4.69, 9.17) is 34.4 Å². The van der Waals surface area contributed by atoms with E-state index in [2.05, 4.69) is 59.8 Å². The molecule has 0 rings (SSSR count). The van der Waals surface area contributed by atoms with Crippen LogP contribution in [0.2, 0.25) is 0 Å². The maximum absolute atomic E-state index is 14.7. The number of primary amides is 1. The standard InChI is InChI=1S/C59H114N16O11/c1-11-12-13-14-15-16-17-23-40(51(79)69-42(25-19-21-28-61)54(82)75-49(39(10)76)58(86)74-47(33-38(8)9)57(85)72-44(50(63)78)30-35(2)3)68-53(81)43(26-22-29-66-59(64)65)70-52(80)41(24-18-20-27-60)71-56(84)46(32-37(6)7)73-55(83)45(31-36(4)5)67-48(77)34-62/h35-47,49,76H,11-34,60-62H2,1-10H3,(H2,63,78)(H,67,77)(H,68,81)(H,69,79)(H,70,80)(H,71,84)(H,72,85)(H,73,83)(H,74,86)(H,75,82)(H4,64,65,66)/t39-,40+,41+,42+,43+,44+,45+,46+,47+,49+/m1/s1. The fourth-order valence-electron chi connectivity index (χ4n) is 9.50. The molecule has 27 nitrogen and oxygen atoms in total. The Kier molecular flexibility index (Phi) is 41.9. The second-order valence-electron chi connectivity index (χ2n) is 24.3. The highest BCUT2D eigenvalue weighted by molar-refractivity contribution is 5.98. The third-order valence-corrected chi connectivity index (χ3v) is 14.1. The molecule has 0 radical (unpaired) electrons. The summed E-state index contributed by atoms with van der Waals surface area (Å²) in [5.41, 5.74) is 34.0. The average Bonchev–Trinajstić information content (AvgIpc) is 3.64. The molecule has 0 aliphatic rings. The predicted octanol–water partition coefficient (Wildman–Crippen LogP) is -0.189. The number of hydrogen-bond acceptors (Lipinski definition) is 15. The summed E-state index contributed by atoms with van der Waals surface area (Å²) in [5.74, 6) is -7.82. The Balaban J connectivity index is 7.27. The van der Waals surface area contributed by atoms with Crippen LogP contribution in [0.25, 0.3) is 0 Å². The van der Waals surface area contributed by atoms with E-state index < -0.39 is 120 Å². The minimum atomic E-state index is -1.63. The first-order chi connectivity index (χ1) is 40.5. The molecular weight excluding hydrogens is 1110 g/mol. The number of aliphatic hydroxyl groups excluding tert-OH is 1. The summed E-state index contributed by atoms with van der Waals surface area (Å²) in [6, 6.07) is -11.2. The summed E-state index contributed by atoms with van der Waals surface area (Å²) < 4.78 is 0. The predicted molar refractivity (Wildman–Crippen MR) is 333 cm³/mol. The molecule has 496 valence electrons. The second kappa shape index (κ2) is 45.1. The molecule has 0 spiro atoms. The summed E-state index contributed by atoms with van der Waals surface area (Å²) in [6.45, 7) is 18.4. The van der Waals surface area contributed by atoms with Gasteiger partial charge in [0.2, 0.25) is 59.1 Å². The Bertz CT molecular complexity index is 2090. The van der Waals surface area contributed by atoms with Gasteiger partial charge in [-0.15, -0.1) is 0 Å². The zero-order valence-electron chi connectivity index (χ0n) is 53.5. The third-order valence-electron chi connectivity index (χ3n) is 14.1. The number of nitrogens with one attached hydrogen (secondary N) is 9.